The third-order valence-electron chi connectivity index (χ3n) is 8.45. The third kappa shape index (κ3) is 4.16. The Kier molecular flexibility index (Phi) is 6.15. The maximum absolute atomic E-state index is 12.9. The van der Waals surface area contributed by atoms with Crippen LogP contribution in [0.15, 0.2) is 71.9 Å². The Morgan fingerprint density at radius 1 is 0.882 bits per heavy atom. The van der Waals surface area contributed by atoms with Crippen molar-refractivity contribution in [2.45, 2.75) is 63.7 Å². The number of nitrogens with zero attached hydrogens (tertiary/aromatic N) is 2. The normalized spacial score (nSPS) is 28.0. The first-order chi connectivity index (χ1) is 16.8. The molecular weight excluding hydrogens is 420 g/mol. The van der Waals surface area contributed by atoms with E-state index < -0.39 is 0 Å². The van der Waals surface area contributed by atoms with E-state index in [-0.39, 0.29) is 11.8 Å². The molecule has 178 valence electrons. The highest BCUT2D eigenvalue weighted by Crippen LogP contribution is 2.50. The predicted octanol–water partition coefficient (Wildman–Crippen LogP) is 4.23. The maximum Gasteiger partial charge on any atom is 0.237 e. The van der Waals surface area contributed by atoms with E-state index >= 15 is 0 Å². The molecule has 6 rings (SSSR count). The molecule has 2 aliphatic heterocycles. The van der Waals surface area contributed by atoms with Gasteiger partial charge in [-0.2, -0.15) is 0 Å². The molecule has 4 unspecified atom stereocenters. The number of hydrogen-bond donors (Lipinski definition) is 2. The Bertz CT molecular complexity index is 995. The van der Waals surface area contributed by atoms with Gasteiger partial charge in [-0.05, 0) is 48.8 Å². The summed E-state index contributed by atoms with van der Waals surface area (Å²) in [4.78, 5) is 18.2. The second-order valence-electron chi connectivity index (χ2n) is 10.5. The van der Waals surface area contributed by atoms with Gasteiger partial charge >= 0.3 is 0 Å². The Morgan fingerprint density at radius 3 is 2.29 bits per heavy atom. The molecule has 2 aromatic rings. The van der Waals surface area contributed by atoms with Crippen molar-refractivity contribution in [1.29, 1.82) is 0 Å². The monoisotopic (exact) mass is 456 g/mol. The van der Waals surface area contributed by atoms with Gasteiger partial charge in [-0.1, -0.05) is 67.1 Å². The van der Waals surface area contributed by atoms with Gasteiger partial charge < -0.3 is 4.90 Å². The number of carbonyl (C=O) groups is 1. The predicted molar refractivity (Wildman–Crippen MR) is 134 cm³/mol. The lowest BCUT2D eigenvalue weighted by atomic mass is 9.71. The summed E-state index contributed by atoms with van der Waals surface area (Å²) in [5, 5.41) is 0. The molecule has 1 saturated heterocycles. The fourth-order valence-electron chi connectivity index (χ4n) is 7.00. The number of rotatable bonds is 7. The van der Waals surface area contributed by atoms with Crippen LogP contribution in [-0.4, -0.2) is 40.9 Å². The second kappa shape index (κ2) is 9.55. The minimum atomic E-state index is 0.133. The van der Waals surface area contributed by atoms with Crippen molar-refractivity contribution < 1.29 is 4.79 Å². The van der Waals surface area contributed by atoms with Crippen molar-refractivity contribution in [1.82, 2.24) is 20.7 Å². The lowest BCUT2D eigenvalue weighted by Crippen LogP contribution is -2.48. The highest BCUT2D eigenvalue weighted by Gasteiger charge is 2.52. The van der Waals surface area contributed by atoms with Crippen molar-refractivity contribution in [2.24, 2.45) is 11.8 Å². The largest absolute Gasteiger partial charge is 0.370 e. The fraction of sp³-hybridized carbons (Fsp3) is 0.483. The van der Waals surface area contributed by atoms with Crippen LogP contribution in [0.2, 0.25) is 0 Å². The zero-order valence-electron chi connectivity index (χ0n) is 20.0. The molecule has 2 aromatic carbocycles. The molecule has 0 radical (unpaired) electrons. The van der Waals surface area contributed by atoms with E-state index in [1.807, 2.05) is 0 Å². The topological polar surface area (TPSA) is 47.6 Å². The summed E-state index contributed by atoms with van der Waals surface area (Å²) in [5.74, 6) is 0.752. The summed E-state index contributed by atoms with van der Waals surface area (Å²) in [7, 11) is 0. The molecule has 5 nitrogen and oxygen atoms in total. The molecule has 0 spiro atoms. The number of allylic oxidation sites excluding steroid dienone is 1. The molecule has 2 N–H and O–H groups in total. The second-order valence-corrected chi connectivity index (χ2v) is 10.5. The fourth-order valence-corrected chi connectivity index (χ4v) is 7.00. The molecule has 0 bridgehead atoms. The van der Waals surface area contributed by atoms with E-state index in [9.17, 15) is 4.79 Å². The summed E-state index contributed by atoms with van der Waals surface area (Å²) < 4.78 is 0. The van der Waals surface area contributed by atoms with Crippen LogP contribution in [-0.2, 0) is 17.9 Å². The average molecular weight is 457 g/mol. The molecule has 34 heavy (non-hydrogen) atoms. The first-order valence-corrected chi connectivity index (χ1v) is 13.1. The van der Waals surface area contributed by atoms with Crippen LogP contribution in [0, 0.1) is 11.8 Å². The van der Waals surface area contributed by atoms with Crippen LogP contribution >= 0.6 is 0 Å². The van der Waals surface area contributed by atoms with Crippen molar-refractivity contribution >= 4 is 5.91 Å². The van der Waals surface area contributed by atoms with Gasteiger partial charge in [-0.3, -0.25) is 15.1 Å². The van der Waals surface area contributed by atoms with Gasteiger partial charge in [0.15, 0.2) is 0 Å². The van der Waals surface area contributed by atoms with Crippen molar-refractivity contribution in [2.75, 3.05) is 13.1 Å². The maximum atomic E-state index is 12.9. The highest BCUT2D eigenvalue weighted by atomic mass is 16.2. The lowest BCUT2D eigenvalue weighted by Gasteiger charge is -2.39. The molecule has 4 aliphatic rings. The quantitative estimate of drug-likeness (QED) is 0.655. The number of benzene rings is 2. The van der Waals surface area contributed by atoms with E-state index in [0.29, 0.717) is 18.0 Å². The first kappa shape index (κ1) is 21.9. The van der Waals surface area contributed by atoms with Crippen LogP contribution in [0.3, 0.4) is 0 Å². The van der Waals surface area contributed by atoms with Gasteiger partial charge in [0, 0.05) is 55.8 Å². The molecule has 2 aliphatic carbocycles. The van der Waals surface area contributed by atoms with Crippen LogP contribution in [0.5, 0.6) is 0 Å². The Morgan fingerprint density at radius 2 is 1.59 bits per heavy atom. The highest BCUT2D eigenvalue weighted by molar-refractivity contribution is 5.80. The van der Waals surface area contributed by atoms with Gasteiger partial charge in [-0.15, -0.1) is 0 Å². The molecule has 5 heteroatoms. The van der Waals surface area contributed by atoms with E-state index in [1.165, 1.54) is 30.4 Å². The number of amides is 1. The van der Waals surface area contributed by atoms with Gasteiger partial charge in [0.05, 0.1) is 0 Å². The van der Waals surface area contributed by atoms with Crippen LogP contribution in [0.4, 0.5) is 0 Å². The van der Waals surface area contributed by atoms with E-state index in [1.54, 1.807) is 11.3 Å². The molecule has 2 fully saturated rings. The van der Waals surface area contributed by atoms with Crippen molar-refractivity contribution in [3.63, 3.8) is 0 Å². The minimum absolute atomic E-state index is 0.133. The zero-order valence-corrected chi connectivity index (χ0v) is 20.0. The Hall–Kier alpha value is -2.63. The summed E-state index contributed by atoms with van der Waals surface area (Å²) in [6.45, 7) is 3.98. The summed E-state index contributed by atoms with van der Waals surface area (Å²) >= 11 is 0. The standard InChI is InChI=1S/C29H36N4O/c34-29-23-13-7-15-25-27(23)28-24(30-31-29)14-8-16-26(28)33(25)18-17-32(19-21-9-3-1-4-10-21)20-22-11-5-2-6-12-22/h1-6,9-12,23-25,27,30H,7-8,13-20H2,(H,31,34). The number of hydrogen-bond acceptors (Lipinski definition) is 4. The average Bonchev–Trinajstić information content (AvgIpc) is 3.12. The van der Waals surface area contributed by atoms with E-state index in [0.717, 1.165) is 45.4 Å². The smallest absolute Gasteiger partial charge is 0.237 e. The van der Waals surface area contributed by atoms with Crippen LogP contribution < -0.4 is 10.9 Å². The van der Waals surface area contributed by atoms with Gasteiger partial charge in [0.25, 0.3) is 0 Å². The zero-order chi connectivity index (χ0) is 22.9. The number of hydrazine groups is 1. The van der Waals surface area contributed by atoms with Gasteiger partial charge in [0.1, 0.15) is 0 Å². The first-order valence-electron chi connectivity index (χ1n) is 13.1. The Labute approximate surface area is 203 Å². The number of carbonyl (C=O) groups excluding carboxylic acids is 1. The van der Waals surface area contributed by atoms with Crippen LogP contribution in [0.25, 0.3) is 0 Å². The molecule has 0 aromatic heterocycles. The van der Waals surface area contributed by atoms with E-state index in [4.69, 9.17) is 0 Å². The minimum Gasteiger partial charge on any atom is -0.370 e. The summed E-state index contributed by atoms with van der Waals surface area (Å²) in [6.07, 6.45) is 6.89. The van der Waals surface area contributed by atoms with Crippen LogP contribution in [0.1, 0.15) is 49.7 Å². The van der Waals surface area contributed by atoms with Gasteiger partial charge in [0.2, 0.25) is 5.91 Å². The van der Waals surface area contributed by atoms with Gasteiger partial charge in [-0.25, -0.2) is 5.43 Å². The lowest BCUT2D eigenvalue weighted by molar-refractivity contribution is -0.128. The van der Waals surface area contributed by atoms with Crippen molar-refractivity contribution in [3.05, 3.63) is 83.1 Å². The molecular formula is C29H36N4O. The number of nitrogens with one attached hydrogen (secondary N) is 2. The molecule has 4 atom stereocenters. The third-order valence-corrected chi connectivity index (χ3v) is 8.45. The Balaban J connectivity index is 1.25. The molecule has 1 saturated carbocycles. The van der Waals surface area contributed by atoms with E-state index in [2.05, 4.69) is 81.3 Å². The summed E-state index contributed by atoms with van der Waals surface area (Å²) in [5.41, 5.74) is 12.3. The molecule has 1 amide bonds. The summed E-state index contributed by atoms with van der Waals surface area (Å²) in [6, 6.07) is 22.5. The molecule has 2 heterocycles. The SMILES string of the molecule is O=C1NNC2CCCC3=C2C2C1CCCC2N3CCN(Cc1ccccc1)Cc1ccccc1. The van der Waals surface area contributed by atoms with Crippen molar-refractivity contribution in [3.8, 4) is 0 Å².